The molecule has 0 bridgehead atoms. The summed E-state index contributed by atoms with van der Waals surface area (Å²) >= 11 is 3.38. The molecular weight excluding hydrogens is 358 g/mol. The highest BCUT2D eigenvalue weighted by Gasteiger charge is 2.10. The highest BCUT2D eigenvalue weighted by atomic mass is 79.9. The zero-order valence-corrected chi connectivity index (χ0v) is 14.0. The summed E-state index contributed by atoms with van der Waals surface area (Å²) in [5.41, 5.74) is 2.98. The molecule has 0 aliphatic carbocycles. The van der Waals surface area contributed by atoms with E-state index < -0.39 is 0 Å². The third kappa shape index (κ3) is 4.04. The Morgan fingerprint density at radius 1 is 1.17 bits per heavy atom. The van der Waals surface area contributed by atoms with Crippen molar-refractivity contribution in [3.05, 3.63) is 70.0 Å². The first-order valence-corrected chi connectivity index (χ1v) is 7.81. The molecule has 1 aromatic heterocycles. The maximum Gasteiger partial charge on any atom is 0.267 e. The van der Waals surface area contributed by atoms with Crippen LogP contribution in [0.15, 0.2) is 62.7 Å². The molecule has 0 spiro atoms. The SMILES string of the molecule is Cc1ccccc1-c1noc(CO/N=C\c2ccc(Br)cc2)n1. The van der Waals surface area contributed by atoms with E-state index in [1.807, 2.05) is 55.5 Å². The van der Waals surface area contributed by atoms with Crippen LogP contribution >= 0.6 is 15.9 Å². The predicted molar refractivity (Wildman–Crippen MR) is 91.0 cm³/mol. The molecule has 23 heavy (non-hydrogen) atoms. The largest absolute Gasteiger partial charge is 0.386 e. The van der Waals surface area contributed by atoms with Gasteiger partial charge in [0.05, 0.1) is 6.21 Å². The van der Waals surface area contributed by atoms with E-state index in [-0.39, 0.29) is 6.61 Å². The van der Waals surface area contributed by atoms with Gasteiger partial charge in [0.2, 0.25) is 5.82 Å². The van der Waals surface area contributed by atoms with Gasteiger partial charge in [0.25, 0.3) is 5.89 Å². The normalized spacial score (nSPS) is 11.0. The molecule has 0 saturated heterocycles. The van der Waals surface area contributed by atoms with Crippen LogP contribution in [0.25, 0.3) is 11.4 Å². The average molecular weight is 372 g/mol. The van der Waals surface area contributed by atoms with Crippen LogP contribution in [0.1, 0.15) is 17.0 Å². The van der Waals surface area contributed by atoms with E-state index in [2.05, 4.69) is 31.2 Å². The molecule has 6 heteroatoms. The number of aromatic nitrogens is 2. The standard InChI is InChI=1S/C17H14BrN3O2/c1-12-4-2-3-5-15(12)17-20-16(23-21-17)11-22-19-10-13-6-8-14(18)9-7-13/h2-10H,11H2,1H3/b19-10-. The molecule has 0 amide bonds. The Balaban J connectivity index is 1.59. The van der Waals surface area contributed by atoms with Gasteiger partial charge in [-0.15, -0.1) is 0 Å². The molecule has 2 aromatic carbocycles. The summed E-state index contributed by atoms with van der Waals surface area (Å²) in [7, 11) is 0. The molecule has 1 heterocycles. The van der Waals surface area contributed by atoms with E-state index in [0.717, 1.165) is 21.2 Å². The van der Waals surface area contributed by atoms with Gasteiger partial charge >= 0.3 is 0 Å². The quantitative estimate of drug-likeness (QED) is 0.493. The second kappa shape index (κ2) is 7.19. The van der Waals surface area contributed by atoms with Gasteiger partial charge < -0.3 is 9.36 Å². The summed E-state index contributed by atoms with van der Waals surface area (Å²) < 4.78 is 6.19. The van der Waals surface area contributed by atoms with Gasteiger partial charge in [0, 0.05) is 10.0 Å². The summed E-state index contributed by atoms with van der Waals surface area (Å²) in [6, 6.07) is 15.6. The van der Waals surface area contributed by atoms with Crippen LogP contribution in [0, 0.1) is 6.92 Å². The van der Waals surface area contributed by atoms with E-state index in [9.17, 15) is 0 Å². The lowest BCUT2D eigenvalue weighted by Gasteiger charge is -1.98. The Morgan fingerprint density at radius 3 is 2.74 bits per heavy atom. The molecule has 116 valence electrons. The Bertz CT molecular complexity index is 813. The van der Waals surface area contributed by atoms with Crippen molar-refractivity contribution in [3.63, 3.8) is 0 Å². The first kappa shape index (κ1) is 15.4. The van der Waals surface area contributed by atoms with E-state index >= 15 is 0 Å². The van der Waals surface area contributed by atoms with Gasteiger partial charge in [-0.25, -0.2) is 0 Å². The molecule has 0 atom stereocenters. The van der Waals surface area contributed by atoms with Crippen molar-refractivity contribution in [2.75, 3.05) is 0 Å². The lowest BCUT2D eigenvalue weighted by molar-refractivity contribution is 0.107. The zero-order chi connectivity index (χ0) is 16.1. The zero-order valence-electron chi connectivity index (χ0n) is 12.4. The highest BCUT2D eigenvalue weighted by Crippen LogP contribution is 2.19. The molecule has 5 nitrogen and oxygen atoms in total. The van der Waals surface area contributed by atoms with Crippen LogP contribution in [-0.4, -0.2) is 16.4 Å². The number of rotatable bonds is 5. The molecule has 0 aliphatic rings. The molecule has 0 N–H and O–H groups in total. The van der Waals surface area contributed by atoms with Crippen LogP contribution in [-0.2, 0) is 11.4 Å². The lowest BCUT2D eigenvalue weighted by Crippen LogP contribution is -1.89. The number of aryl methyl sites for hydroxylation is 1. The van der Waals surface area contributed by atoms with Crippen molar-refractivity contribution >= 4 is 22.1 Å². The van der Waals surface area contributed by atoms with Crippen molar-refractivity contribution < 1.29 is 9.36 Å². The Kier molecular flexibility index (Phi) is 4.83. The molecule has 0 saturated carbocycles. The van der Waals surface area contributed by atoms with Crippen molar-refractivity contribution in [1.29, 1.82) is 0 Å². The summed E-state index contributed by atoms with van der Waals surface area (Å²) in [5, 5.41) is 7.87. The van der Waals surface area contributed by atoms with Gasteiger partial charge in [-0.2, -0.15) is 4.98 Å². The fourth-order valence-electron chi connectivity index (χ4n) is 1.99. The maximum absolute atomic E-state index is 5.19. The topological polar surface area (TPSA) is 60.5 Å². The van der Waals surface area contributed by atoms with Crippen LogP contribution in [0.2, 0.25) is 0 Å². The van der Waals surface area contributed by atoms with Gasteiger partial charge in [0.15, 0.2) is 6.61 Å². The Morgan fingerprint density at radius 2 is 1.96 bits per heavy atom. The second-order valence-electron chi connectivity index (χ2n) is 4.89. The third-order valence-corrected chi connectivity index (χ3v) is 3.72. The minimum absolute atomic E-state index is 0.131. The van der Waals surface area contributed by atoms with Crippen molar-refractivity contribution in [2.24, 2.45) is 5.16 Å². The third-order valence-electron chi connectivity index (χ3n) is 3.19. The minimum atomic E-state index is 0.131. The summed E-state index contributed by atoms with van der Waals surface area (Å²) in [6.45, 7) is 2.14. The summed E-state index contributed by atoms with van der Waals surface area (Å²) in [6.07, 6.45) is 1.63. The molecule has 0 fully saturated rings. The Labute approximate surface area is 142 Å². The molecule has 0 aliphatic heterocycles. The van der Waals surface area contributed by atoms with Crippen LogP contribution < -0.4 is 0 Å². The molecular formula is C17H14BrN3O2. The molecule has 3 aromatic rings. The summed E-state index contributed by atoms with van der Waals surface area (Å²) in [4.78, 5) is 9.51. The predicted octanol–water partition coefficient (Wildman–Crippen LogP) is 4.36. The molecule has 0 radical (unpaired) electrons. The van der Waals surface area contributed by atoms with Crippen molar-refractivity contribution in [1.82, 2.24) is 10.1 Å². The van der Waals surface area contributed by atoms with Crippen LogP contribution in [0.4, 0.5) is 0 Å². The maximum atomic E-state index is 5.19. The average Bonchev–Trinajstić information content (AvgIpc) is 3.02. The smallest absolute Gasteiger partial charge is 0.267 e. The van der Waals surface area contributed by atoms with Crippen molar-refractivity contribution in [2.45, 2.75) is 13.5 Å². The molecule has 0 unspecified atom stereocenters. The van der Waals surface area contributed by atoms with E-state index in [1.54, 1.807) is 6.21 Å². The fourth-order valence-corrected chi connectivity index (χ4v) is 2.25. The van der Waals surface area contributed by atoms with E-state index in [4.69, 9.17) is 9.36 Å². The number of oxime groups is 1. The number of halogens is 1. The van der Waals surface area contributed by atoms with E-state index in [0.29, 0.717) is 11.7 Å². The highest BCUT2D eigenvalue weighted by molar-refractivity contribution is 9.10. The Hall–Kier alpha value is -2.47. The van der Waals surface area contributed by atoms with Crippen LogP contribution in [0.5, 0.6) is 0 Å². The first-order chi connectivity index (χ1) is 11.2. The number of nitrogens with zero attached hydrogens (tertiary/aromatic N) is 3. The van der Waals surface area contributed by atoms with Gasteiger partial charge in [0.1, 0.15) is 0 Å². The number of benzene rings is 2. The second-order valence-corrected chi connectivity index (χ2v) is 5.80. The monoisotopic (exact) mass is 371 g/mol. The number of hydrogen-bond acceptors (Lipinski definition) is 5. The van der Waals surface area contributed by atoms with Crippen LogP contribution in [0.3, 0.4) is 0 Å². The fraction of sp³-hybridized carbons (Fsp3) is 0.118. The lowest BCUT2D eigenvalue weighted by atomic mass is 10.1. The van der Waals surface area contributed by atoms with Crippen molar-refractivity contribution in [3.8, 4) is 11.4 Å². The first-order valence-electron chi connectivity index (χ1n) is 7.02. The van der Waals surface area contributed by atoms with Gasteiger partial charge in [-0.3, -0.25) is 0 Å². The van der Waals surface area contributed by atoms with Gasteiger partial charge in [-0.1, -0.05) is 62.6 Å². The van der Waals surface area contributed by atoms with E-state index in [1.165, 1.54) is 0 Å². The number of hydrogen-bond donors (Lipinski definition) is 0. The minimum Gasteiger partial charge on any atom is -0.386 e. The molecule has 3 rings (SSSR count). The summed E-state index contributed by atoms with van der Waals surface area (Å²) in [5.74, 6) is 0.940. The van der Waals surface area contributed by atoms with Gasteiger partial charge in [-0.05, 0) is 30.2 Å².